The molecule has 0 saturated heterocycles. The molecule has 6 nitrogen and oxygen atoms in total. The third kappa shape index (κ3) is 4.60. The first kappa shape index (κ1) is 19.2. The molecule has 0 aliphatic heterocycles. The highest BCUT2D eigenvalue weighted by molar-refractivity contribution is 7.98. The average Bonchev–Trinajstić information content (AvgIpc) is 3.10. The van der Waals surface area contributed by atoms with E-state index in [-0.39, 0.29) is 5.56 Å². The van der Waals surface area contributed by atoms with Crippen LogP contribution >= 0.6 is 11.8 Å². The van der Waals surface area contributed by atoms with Gasteiger partial charge >= 0.3 is 0 Å². The quantitative estimate of drug-likeness (QED) is 0.554. The number of benzene rings is 1. The molecule has 0 fully saturated rings. The van der Waals surface area contributed by atoms with Crippen molar-refractivity contribution in [3.8, 4) is 17.1 Å². The number of unbranched alkanes of at least 4 members (excludes halogenated alkanes) is 1. The Morgan fingerprint density at radius 2 is 1.93 bits per heavy atom. The number of rotatable bonds is 8. The fraction of sp³-hybridized carbons (Fsp3) is 0.350. The van der Waals surface area contributed by atoms with Gasteiger partial charge in [-0.3, -0.25) is 4.79 Å². The molecule has 7 heteroatoms. The van der Waals surface area contributed by atoms with Gasteiger partial charge in [-0.1, -0.05) is 25.1 Å². The molecule has 0 unspecified atom stereocenters. The number of aromatic nitrogens is 4. The molecule has 0 bridgehead atoms. The second-order valence-corrected chi connectivity index (χ2v) is 7.26. The SMILES string of the molecule is CCCCn1c(SCc2ccn(C)c(=O)c2)nnc1-c1ccc(OC)cc1. The van der Waals surface area contributed by atoms with Gasteiger partial charge in [-0.25, -0.2) is 0 Å². The summed E-state index contributed by atoms with van der Waals surface area (Å²) in [6.45, 7) is 3.04. The topological polar surface area (TPSA) is 61.9 Å². The maximum Gasteiger partial charge on any atom is 0.250 e. The van der Waals surface area contributed by atoms with Crippen LogP contribution in [0.1, 0.15) is 25.3 Å². The zero-order chi connectivity index (χ0) is 19.2. The van der Waals surface area contributed by atoms with Gasteiger partial charge in [-0.05, 0) is 42.3 Å². The van der Waals surface area contributed by atoms with E-state index in [1.165, 1.54) is 0 Å². The van der Waals surface area contributed by atoms with E-state index in [1.54, 1.807) is 42.7 Å². The lowest BCUT2D eigenvalue weighted by molar-refractivity contribution is 0.415. The number of ether oxygens (including phenoxy) is 1. The van der Waals surface area contributed by atoms with Crippen LogP contribution in [0.15, 0.2) is 52.5 Å². The Kier molecular flexibility index (Phi) is 6.34. The average molecular weight is 385 g/mol. The van der Waals surface area contributed by atoms with Crippen LogP contribution in [0.3, 0.4) is 0 Å². The molecule has 0 aliphatic rings. The molecule has 2 aromatic heterocycles. The van der Waals surface area contributed by atoms with Gasteiger partial charge in [0.2, 0.25) is 0 Å². The van der Waals surface area contributed by atoms with Crippen LogP contribution in [-0.2, 0) is 19.3 Å². The highest BCUT2D eigenvalue weighted by Gasteiger charge is 2.14. The minimum Gasteiger partial charge on any atom is -0.497 e. The minimum absolute atomic E-state index is 0.000489. The Morgan fingerprint density at radius 3 is 2.59 bits per heavy atom. The molecular formula is C20H24N4O2S. The monoisotopic (exact) mass is 384 g/mol. The van der Waals surface area contributed by atoms with Crippen molar-refractivity contribution >= 4 is 11.8 Å². The summed E-state index contributed by atoms with van der Waals surface area (Å²) < 4.78 is 8.97. The Labute approximate surface area is 163 Å². The van der Waals surface area contributed by atoms with Crippen molar-refractivity contribution in [1.29, 1.82) is 0 Å². The van der Waals surface area contributed by atoms with Crippen molar-refractivity contribution in [2.24, 2.45) is 7.05 Å². The molecule has 0 atom stereocenters. The van der Waals surface area contributed by atoms with E-state index in [1.807, 2.05) is 30.3 Å². The van der Waals surface area contributed by atoms with Crippen LogP contribution in [0.5, 0.6) is 5.75 Å². The normalized spacial score (nSPS) is 10.9. The lowest BCUT2D eigenvalue weighted by Gasteiger charge is -2.10. The van der Waals surface area contributed by atoms with Crippen LogP contribution in [0, 0.1) is 0 Å². The van der Waals surface area contributed by atoms with E-state index in [0.717, 1.165) is 47.2 Å². The molecule has 3 rings (SSSR count). The molecule has 0 N–H and O–H groups in total. The summed E-state index contributed by atoms with van der Waals surface area (Å²) in [5.74, 6) is 2.36. The minimum atomic E-state index is -0.000489. The molecular weight excluding hydrogens is 360 g/mol. The van der Waals surface area contributed by atoms with Crippen molar-refractivity contribution in [2.45, 2.75) is 37.2 Å². The first-order chi connectivity index (χ1) is 13.1. The summed E-state index contributed by atoms with van der Waals surface area (Å²) in [6, 6.07) is 11.5. The van der Waals surface area contributed by atoms with E-state index >= 15 is 0 Å². The predicted octanol–water partition coefficient (Wildman–Crippen LogP) is 3.74. The number of hydrogen-bond donors (Lipinski definition) is 0. The van der Waals surface area contributed by atoms with Gasteiger partial charge in [-0.15, -0.1) is 10.2 Å². The van der Waals surface area contributed by atoms with E-state index in [4.69, 9.17) is 4.74 Å². The van der Waals surface area contributed by atoms with Crippen LogP contribution in [-0.4, -0.2) is 26.4 Å². The molecule has 0 amide bonds. The van der Waals surface area contributed by atoms with E-state index < -0.39 is 0 Å². The van der Waals surface area contributed by atoms with Crippen molar-refractivity contribution in [1.82, 2.24) is 19.3 Å². The number of methoxy groups -OCH3 is 1. The Morgan fingerprint density at radius 1 is 1.15 bits per heavy atom. The largest absolute Gasteiger partial charge is 0.497 e. The number of nitrogens with zero attached hydrogens (tertiary/aromatic N) is 4. The lowest BCUT2D eigenvalue weighted by Crippen LogP contribution is -2.14. The summed E-state index contributed by atoms with van der Waals surface area (Å²) in [5, 5.41) is 9.70. The van der Waals surface area contributed by atoms with Gasteiger partial charge in [0.15, 0.2) is 11.0 Å². The van der Waals surface area contributed by atoms with Gasteiger partial charge in [0.1, 0.15) is 5.75 Å². The summed E-state index contributed by atoms with van der Waals surface area (Å²) in [4.78, 5) is 11.8. The molecule has 0 radical (unpaired) electrons. The third-order valence-corrected chi connectivity index (χ3v) is 5.37. The van der Waals surface area contributed by atoms with Crippen LogP contribution < -0.4 is 10.3 Å². The second-order valence-electron chi connectivity index (χ2n) is 6.31. The zero-order valence-electron chi connectivity index (χ0n) is 15.9. The van der Waals surface area contributed by atoms with Gasteiger partial charge in [-0.2, -0.15) is 0 Å². The smallest absolute Gasteiger partial charge is 0.250 e. The van der Waals surface area contributed by atoms with E-state index in [2.05, 4.69) is 21.7 Å². The summed E-state index contributed by atoms with van der Waals surface area (Å²) >= 11 is 1.60. The van der Waals surface area contributed by atoms with Crippen LogP contribution in [0.2, 0.25) is 0 Å². The molecule has 0 spiro atoms. The fourth-order valence-corrected chi connectivity index (χ4v) is 3.60. The zero-order valence-corrected chi connectivity index (χ0v) is 16.7. The van der Waals surface area contributed by atoms with E-state index in [0.29, 0.717) is 5.75 Å². The van der Waals surface area contributed by atoms with Gasteiger partial charge in [0.05, 0.1) is 7.11 Å². The molecule has 0 aliphatic carbocycles. The molecule has 1 aromatic carbocycles. The van der Waals surface area contributed by atoms with Gasteiger partial charge in [0, 0.05) is 37.2 Å². The Hall–Kier alpha value is -2.54. The fourth-order valence-electron chi connectivity index (χ4n) is 2.69. The molecule has 142 valence electrons. The molecule has 27 heavy (non-hydrogen) atoms. The molecule has 3 aromatic rings. The highest BCUT2D eigenvalue weighted by atomic mass is 32.2. The van der Waals surface area contributed by atoms with Crippen molar-refractivity contribution < 1.29 is 4.74 Å². The number of pyridine rings is 1. The maximum absolute atomic E-state index is 11.8. The summed E-state index contributed by atoms with van der Waals surface area (Å²) in [5.41, 5.74) is 2.00. The maximum atomic E-state index is 11.8. The summed E-state index contributed by atoms with van der Waals surface area (Å²) in [6.07, 6.45) is 3.95. The van der Waals surface area contributed by atoms with E-state index in [9.17, 15) is 4.79 Å². The van der Waals surface area contributed by atoms with Crippen molar-refractivity contribution in [3.05, 3.63) is 58.5 Å². The van der Waals surface area contributed by atoms with Crippen LogP contribution in [0.25, 0.3) is 11.4 Å². The number of hydrogen-bond acceptors (Lipinski definition) is 5. The second kappa shape index (κ2) is 8.90. The van der Waals surface area contributed by atoms with Crippen molar-refractivity contribution in [2.75, 3.05) is 7.11 Å². The predicted molar refractivity (Wildman–Crippen MR) is 108 cm³/mol. The first-order valence-electron chi connectivity index (χ1n) is 8.98. The Bertz CT molecular complexity index is 947. The standard InChI is InChI=1S/C20H24N4O2S/c1-4-5-11-24-19(16-6-8-17(26-3)9-7-16)21-22-20(24)27-14-15-10-12-23(2)18(25)13-15/h6-10,12-13H,4-5,11,14H2,1-3H3. The first-order valence-corrected chi connectivity index (χ1v) is 9.97. The summed E-state index contributed by atoms with van der Waals surface area (Å²) in [7, 11) is 3.41. The van der Waals surface area contributed by atoms with Gasteiger partial charge in [0.25, 0.3) is 5.56 Å². The Balaban J connectivity index is 1.84. The van der Waals surface area contributed by atoms with Crippen LogP contribution in [0.4, 0.5) is 0 Å². The number of aryl methyl sites for hydroxylation is 1. The highest BCUT2D eigenvalue weighted by Crippen LogP contribution is 2.27. The molecule has 0 saturated carbocycles. The lowest BCUT2D eigenvalue weighted by atomic mass is 10.2. The number of thioether (sulfide) groups is 1. The van der Waals surface area contributed by atoms with Gasteiger partial charge < -0.3 is 13.9 Å². The molecule has 2 heterocycles. The third-order valence-electron chi connectivity index (χ3n) is 4.34. The van der Waals surface area contributed by atoms with Crippen molar-refractivity contribution in [3.63, 3.8) is 0 Å².